The van der Waals surface area contributed by atoms with E-state index in [1.54, 1.807) is 22.9 Å². The van der Waals surface area contributed by atoms with E-state index in [4.69, 9.17) is 46.5 Å². The fourth-order valence-electron chi connectivity index (χ4n) is 9.89. The molecule has 79 heavy (non-hydrogen) atoms. The first kappa shape index (κ1) is 61.0. The zero-order chi connectivity index (χ0) is 57.3. The summed E-state index contributed by atoms with van der Waals surface area (Å²) in [6.07, 6.45) is 9.89. The van der Waals surface area contributed by atoms with Crippen molar-refractivity contribution in [2.24, 2.45) is 11.8 Å². The van der Waals surface area contributed by atoms with E-state index >= 15 is 0 Å². The van der Waals surface area contributed by atoms with Crippen LogP contribution in [0.3, 0.4) is 0 Å². The third kappa shape index (κ3) is 18.4. The van der Waals surface area contributed by atoms with E-state index < -0.39 is 11.2 Å². The number of hydrogen-bond acceptors (Lipinski definition) is 17. The summed E-state index contributed by atoms with van der Waals surface area (Å²) in [7, 11) is 0. The maximum atomic E-state index is 12.4. The molecule has 2 N–H and O–H groups in total. The lowest BCUT2D eigenvalue weighted by molar-refractivity contribution is -0.149. The first-order valence-corrected chi connectivity index (χ1v) is 28.0. The number of halogens is 1. The van der Waals surface area contributed by atoms with Gasteiger partial charge in [-0.3, -0.25) is 9.59 Å². The van der Waals surface area contributed by atoms with Crippen LogP contribution in [0.15, 0.2) is 60.9 Å². The van der Waals surface area contributed by atoms with Gasteiger partial charge in [-0.05, 0) is 147 Å². The smallest absolute Gasteiger partial charge is 0.410 e. The Balaban J connectivity index is 0.000000211. The summed E-state index contributed by atoms with van der Waals surface area (Å²) in [4.78, 5) is 73.1. The molecule has 6 heterocycles. The van der Waals surface area contributed by atoms with Crippen molar-refractivity contribution in [3.63, 3.8) is 0 Å². The molecule has 0 aliphatic carbocycles. The SMILES string of the molecule is CC(C)(C)OC(=O)N1CCC(c2ccc(N)cc2)CC1.CCOC(=O)C1CCN(c2cnc(C#N)c(Cc3ccc(C4CCN(C(=O)OC(C)(C)C)CC4)cc3)n2)CC1.CCOC(=O)C1CCN(c2cnc(C#N)c(Cl)n2)CC1. The molecule has 0 atom stereocenters. The van der Waals surface area contributed by atoms with Crippen molar-refractivity contribution in [3.8, 4) is 12.1 Å². The number of rotatable bonds is 10. The molecule has 4 aliphatic heterocycles. The normalized spacial score (nSPS) is 16.7. The van der Waals surface area contributed by atoms with Crippen molar-refractivity contribution < 1.29 is 38.1 Å². The van der Waals surface area contributed by atoms with Crippen molar-refractivity contribution >= 4 is 53.0 Å². The van der Waals surface area contributed by atoms with Crippen LogP contribution >= 0.6 is 11.6 Å². The average Bonchev–Trinajstić information content (AvgIpc) is 3.45. The van der Waals surface area contributed by atoms with Crippen LogP contribution in [0.4, 0.5) is 26.9 Å². The molecule has 19 nitrogen and oxygen atoms in total. The molecule has 2 aromatic heterocycles. The van der Waals surface area contributed by atoms with E-state index in [0.29, 0.717) is 101 Å². The molecule has 0 unspecified atom stereocenters. The van der Waals surface area contributed by atoms with Gasteiger partial charge in [0, 0.05) is 64.5 Å². The van der Waals surface area contributed by atoms with Gasteiger partial charge in [0.15, 0.2) is 16.5 Å². The molecule has 2 amide bonds. The Kier molecular flexibility index (Phi) is 22.1. The van der Waals surface area contributed by atoms with Crippen molar-refractivity contribution in [3.05, 3.63) is 99.8 Å². The number of nitrogens with two attached hydrogens (primary N) is 1. The van der Waals surface area contributed by atoms with Crippen LogP contribution in [0.25, 0.3) is 0 Å². The molecule has 4 aromatic rings. The van der Waals surface area contributed by atoms with Crippen LogP contribution in [0.1, 0.15) is 152 Å². The molecular formula is C59H78ClN11O8. The monoisotopic (exact) mass is 1100 g/mol. The van der Waals surface area contributed by atoms with Crippen molar-refractivity contribution in [1.29, 1.82) is 10.5 Å². The number of benzene rings is 2. The van der Waals surface area contributed by atoms with Crippen LogP contribution in [0.5, 0.6) is 0 Å². The highest BCUT2D eigenvalue weighted by atomic mass is 35.5. The number of ether oxygens (including phenoxy) is 4. The molecule has 4 aliphatic rings. The predicted octanol–water partition coefficient (Wildman–Crippen LogP) is 10.00. The molecular weight excluding hydrogens is 1030 g/mol. The zero-order valence-corrected chi connectivity index (χ0v) is 48.0. The highest BCUT2D eigenvalue weighted by molar-refractivity contribution is 6.30. The zero-order valence-electron chi connectivity index (χ0n) is 47.2. The van der Waals surface area contributed by atoms with Gasteiger partial charge in [-0.2, -0.15) is 10.5 Å². The lowest BCUT2D eigenvalue weighted by atomic mass is 9.89. The summed E-state index contributed by atoms with van der Waals surface area (Å²) < 4.78 is 21.1. The van der Waals surface area contributed by atoms with Crippen molar-refractivity contribution in [2.75, 3.05) is 81.1 Å². The van der Waals surface area contributed by atoms with Crippen LogP contribution in [-0.2, 0) is 35.0 Å². The minimum Gasteiger partial charge on any atom is -0.466 e. The Morgan fingerprint density at radius 3 is 1.37 bits per heavy atom. The molecule has 8 rings (SSSR count). The second kappa shape index (κ2) is 28.6. The van der Waals surface area contributed by atoms with Gasteiger partial charge in [0.25, 0.3) is 0 Å². The summed E-state index contributed by atoms with van der Waals surface area (Å²) in [5.41, 5.74) is 10.3. The van der Waals surface area contributed by atoms with Gasteiger partial charge in [0.1, 0.15) is 35.0 Å². The van der Waals surface area contributed by atoms with E-state index in [2.05, 4.69) is 62.3 Å². The Labute approximate surface area is 470 Å². The Morgan fingerprint density at radius 2 is 0.987 bits per heavy atom. The molecule has 0 bridgehead atoms. The third-order valence-corrected chi connectivity index (χ3v) is 14.4. The molecule has 0 saturated carbocycles. The Morgan fingerprint density at radius 1 is 0.595 bits per heavy atom. The van der Waals surface area contributed by atoms with Crippen LogP contribution in [0, 0.1) is 34.5 Å². The van der Waals surface area contributed by atoms with Crippen LogP contribution < -0.4 is 15.5 Å². The van der Waals surface area contributed by atoms with E-state index in [1.807, 2.05) is 71.6 Å². The highest BCUT2D eigenvalue weighted by Gasteiger charge is 2.31. The number of piperidine rings is 4. The number of carbonyl (C=O) groups excluding carboxylic acids is 4. The molecule has 424 valence electrons. The van der Waals surface area contributed by atoms with Crippen LogP contribution in [-0.4, -0.2) is 131 Å². The fraction of sp³-hybridized carbons (Fsp3) is 0.559. The first-order valence-electron chi connectivity index (χ1n) is 27.6. The lowest BCUT2D eigenvalue weighted by Gasteiger charge is -2.33. The molecule has 2 aromatic carbocycles. The summed E-state index contributed by atoms with van der Waals surface area (Å²) in [5, 5.41) is 18.5. The number of nitrogen functional groups attached to an aromatic ring is 1. The molecule has 0 radical (unpaired) electrons. The molecule has 20 heteroatoms. The first-order chi connectivity index (χ1) is 37.7. The minimum atomic E-state index is -0.486. The molecule has 4 fully saturated rings. The van der Waals surface area contributed by atoms with Crippen molar-refractivity contribution in [2.45, 2.75) is 136 Å². The maximum absolute atomic E-state index is 12.4. The Bertz CT molecular complexity index is 2740. The van der Waals surface area contributed by atoms with E-state index in [0.717, 1.165) is 68.7 Å². The van der Waals surface area contributed by atoms with Crippen molar-refractivity contribution in [1.82, 2.24) is 29.7 Å². The second-order valence-electron chi connectivity index (χ2n) is 22.2. The summed E-state index contributed by atoms with van der Waals surface area (Å²) in [6, 6.07) is 20.6. The largest absolute Gasteiger partial charge is 0.466 e. The van der Waals surface area contributed by atoms with Gasteiger partial charge in [-0.25, -0.2) is 29.5 Å². The molecule has 0 spiro atoms. The fourth-order valence-corrected chi connectivity index (χ4v) is 10.1. The van der Waals surface area contributed by atoms with Gasteiger partial charge in [0.05, 0.1) is 43.1 Å². The quantitative estimate of drug-likeness (QED) is 0.0882. The number of esters is 2. The lowest BCUT2D eigenvalue weighted by Crippen LogP contribution is -2.41. The average molecular weight is 1100 g/mol. The second-order valence-corrected chi connectivity index (χ2v) is 22.6. The third-order valence-electron chi connectivity index (χ3n) is 14.2. The summed E-state index contributed by atoms with van der Waals surface area (Å²) in [5.74, 6) is 1.90. The number of hydrogen-bond donors (Lipinski definition) is 1. The number of aromatic nitrogens is 4. The predicted molar refractivity (Wildman–Crippen MR) is 301 cm³/mol. The number of amides is 2. The van der Waals surface area contributed by atoms with E-state index in [-0.39, 0.29) is 46.8 Å². The highest BCUT2D eigenvalue weighted by Crippen LogP contribution is 2.32. The summed E-state index contributed by atoms with van der Waals surface area (Å²) in [6.45, 7) is 21.5. The number of nitrogens with zero attached hydrogens (tertiary/aromatic N) is 10. The Hall–Kier alpha value is -7.25. The van der Waals surface area contributed by atoms with E-state index in [1.165, 1.54) is 17.3 Å². The van der Waals surface area contributed by atoms with Gasteiger partial charge in [0.2, 0.25) is 0 Å². The van der Waals surface area contributed by atoms with E-state index in [9.17, 15) is 24.4 Å². The number of carbonyl (C=O) groups is 4. The minimum absolute atomic E-state index is 0.0481. The molecule has 4 saturated heterocycles. The van der Waals surface area contributed by atoms with Gasteiger partial charge >= 0.3 is 24.1 Å². The van der Waals surface area contributed by atoms with Gasteiger partial charge in [-0.15, -0.1) is 0 Å². The topological polar surface area (TPSA) is 243 Å². The number of anilines is 3. The van der Waals surface area contributed by atoms with Gasteiger partial charge in [-0.1, -0.05) is 48.0 Å². The number of likely N-dealkylation sites (tertiary alicyclic amines) is 2. The van der Waals surface area contributed by atoms with Gasteiger partial charge < -0.3 is 44.3 Å². The standard InChI is InChI=1S/C30H39N5O4.C16H24N2O2.C13H15ClN4O2/c1-5-38-28(36)24-12-14-34(15-13-24)27-20-32-26(19-31)25(33-27)18-21-6-8-22(9-7-21)23-10-16-35(17-11-23)29(37)39-30(2,3)4;1-16(2,3)20-15(19)18-10-8-13(9-11-18)12-4-6-14(17)7-5-12;1-2-20-13(19)9-3-5-18(6-4-9)11-8-16-10(7-15)12(14)17-11/h6-9,20,23-24H,5,10-18H2,1-4H3;4-7,13H,8-11,17H2,1-3H3;8-9H,2-6H2,1H3. The summed E-state index contributed by atoms with van der Waals surface area (Å²) >= 11 is 5.87. The number of nitriles is 2. The van der Waals surface area contributed by atoms with Crippen LogP contribution in [0.2, 0.25) is 5.15 Å². The maximum Gasteiger partial charge on any atom is 0.410 e.